The van der Waals surface area contributed by atoms with Gasteiger partial charge in [0.1, 0.15) is 0 Å². The minimum atomic E-state index is 0.395. The van der Waals surface area contributed by atoms with E-state index in [1.807, 2.05) is 11.3 Å². The zero-order chi connectivity index (χ0) is 33.0. The van der Waals surface area contributed by atoms with Crippen LogP contribution in [-0.2, 0) is 0 Å². The van der Waals surface area contributed by atoms with Crippen LogP contribution in [0.25, 0.3) is 70.3 Å². The molecule has 1 aromatic heterocycles. The van der Waals surface area contributed by atoms with E-state index in [4.69, 9.17) is 0 Å². The largest absolute Gasteiger partial charge is 0.134 e. The zero-order valence-electron chi connectivity index (χ0n) is 27.6. The molecule has 8 aromatic rings. The van der Waals surface area contributed by atoms with Crippen LogP contribution in [0, 0.1) is 0 Å². The number of hydrogen-bond donors (Lipinski definition) is 0. The molecule has 0 nitrogen and oxygen atoms in total. The van der Waals surface area contributed by atoms with E-state index in [0.29, 0.717) is 11.2 Å². The highest BCUT2D eigenvalue weighted by molar-refractivity contribution is 8.00. The molecule has 0 saturated heterocycles. The third-order valence-electron chi connectivity index (χ3n) is 10.6. The Hall–Kier alpha value is -5.15. The van der Waals surface area contributed by atoms with Crippen molar-refractivity contribution in [3.05, 3.63) is 181 Å². The third kappa shape index (κ3) is 5.14. The number of rotatable bonds is 5. The Labute approximate surface area is 301 Å². The second-order valence-corrected chi connectivity index (χ2v) is 15.8. The molecule has 0 bridgehead atoms. The summed E-state index contributed by atoms with van der Waals surface area (Å²) in [6.07, 6.45) is 4.92. The van der Waals surface area contributed by atoms with Gasteiger partial charge in [-0.1, -0.05) is 140 Å². The Bertz CT molecular complexity index is 2560. The lowest BCUT2D eigenvalue weighted by Gasteiger charge is -2.24. The van der Waals surface area contributed by atoms with Crippen molar-refractivity contribution in [2.24, 2.45) is 0 Å². The maximum absolute atomic E-state index is 2.62. The van der Waals surface area contributed by atoms with Crippen molar-refractivity contribution in [2.75, 3.05) is 0 Å². The van der Waals surface area contributed by atoms with Gasteiger partial charge in [0.2, 0.25) is 0 Å². The number of thiophene rings is 1. The minimum absolute atomic E-state index is 0.395. The van der Waals surface area contributed by atoms with E-state index in [1.54, 1.807) is 0 Å². The fourth-order valence-electron chi connectivity index (χ4n) is 8.07. The molecule has 2 heterocycles. The van der Waals surface area contributed by atoms with Gasteiger partial charge in [0.15, 0.2) is 0 Å². The summed E-state index contributed by atoms with van der Waals surface area (Å²) < 4.78 is 2.76. The molecule has 0 amide bonds. The van der Waals surface area contributed by atoms with Gasteiger partial charge in [0.25, 0.3) is 0 Å². The molecule has 0 saturated carbocycles. The fourth-order valence-corrected chi connectivity index (χ4v) is 11.0. The first-order chi connectivity index (χ1) is 24.8. The van der Waals surface area contributed by atoms with Crippen LogP contribution in [0.2, 0.25) is 0 Å². The molecule has 238 valence electrons. The van der Waals surface area contributed by atoms with Crippen LogP contribution >= 0.6 is 23.1 Å². The minimum Gasteiger partial charge on any atom is -0.134 e. The summed E-state index contributed by atoms with van der Waals surface area (Å²) in [5.41, 5.74) is 14.7. The van der Waals surface area contributed by atoms with Crippen molar-refractivity contribution in [3.63, 3.8) is 0 Å². The molecule has 2 aliphatic rings. The molecule has 7 aromatic carbocycles. The van der Waals surface area contributed by atoms with E-state index in [2.05, 4.69) is 182 Å². The van der Waals surface area contributed by atoms with Gasteiger partial charge in [-0.2, -0.15) is 0 Å². The average molecular weight is 675 g/mol. The standard InChI is InChI=1S/C48H34S2/c1-4-12-31(13-5-1)34-18-10-20-36(26-34)38-22-24-44-40(28-38)42-30-43-41-29-39(37-21-11-19-35(27-37)32-14-6-2-7-15-32)23-25-45(41)50-48(43)46(47(42)49-44)33-16-8-3-9-17-33/h1-22,24,26-30,41,45H,23,25H2. The highest BCUT2D eigenvalue weighted by Gasteiger charge is 2.37. The summed E-state index contributed by atoms with van der Waals surface area (Å²) in [5.74, 6) is 0.395. The van der Waals surface area contributed by atoms with Crippen molar-refractivity contribution >= 4 is 48.8 Å². The van der Waals surface area contributed by atoms with Crippen molar-refractivity contribution in [2.45, 2.75) is 28.9 Å². The number of benzene rings is 7. The fraction of sp³-hybridized carbons (Fsp3) is 0.0833. The average Bonchev–Trinajstić information content (AvgIpc) is 3.75. The van der Waals surface area contributed by atoms with Crippen molar-refractivity contribution in [3.8, 4) is 44.5 Å². The second kappa shape index (κ2) is 12.3. The highest BCUT2D eigenvalue weighted by atomic mass is 32.2. The Morgan fingerprint density at radius 3 is 1.70 bits per heavy atom. The van der Waals surface area contributed by atoms with E-state index in [9.17, 15) is 0 Å². The maximum Gasteiger partial charge on any atom is 0.0445 e. The molecule has 2 atom stereocenters. The lowest BCUT2D eigenvalue weighted by Crippen LogP contribution is -2.13. The molecular formula is C48H34S2. The highest BCUT2D eigenvalue weighted by Crippen LogP contribution is 2.58. The Kier molecular flexibility index (Phi) is 7.33. The van der Waals surface area contributed by atoms with E-state index >= 15 is 0 Å². The molecule has 0 fully saturated rings. The van der Waals surface area contributed by atoms with E-state index in [0.717, 1.165) is 6.42 Å². The quantitative estimate of drug-likeness (QED) is 0.175. The predicted molar refractivity (Wildman–Crippen MR) is 217 cm³/mol. The summed E-state index contributed by atoms with van der Waals surface area (Å²) in [7, 11) is 0. The van der Waals surface area contributed by atoms with Crippen molar-refractivity contribution in [1.82, 2.24) is 0 Å². The molecule has 2 unspecified atom stereocenters. The van der Waals surface area contributed by atoms with Gasteiger partial charge in [0, 0.05) is 41.8 Å². The maximum atomic E-state index is 2.62. The smallest absolute Gasteiger partial charge is 0.0445 e. The first kappa shape index (κ1) is 29.7. The van der Waals surface area contributed by atoms with Crippen molar-refractivity contribution in [1.29, 1.82) is 0 Å². The van der Waals surface area contributed by atoms with Gasteiger partial charge < -0.3 is 0 Å². The normalized spacial score (nSPS) is 16.7. The molecule has 0 spiro atoms. The van der Waals surface area contributed by atoms with Gasteiger partial charge in [-0.05, 0) is 98.8 Å². The molecule has 0 radical (unpaired) electrons. The molecule has 1 aliphatic heterocycles. The summed E-state index contributed by atoms with van der Waals surface area (Å²) in [4.78, 5) is 1.48. The van der Waals surface area contributed by atoms with Crippen LogP contribution in [-0.4, -0.2) is 5.25 Å². The lowest BCUT2D eigenvalue weighted by molar-refractivity contribution is 0.694. The molecular weight excluding hydrogens is 641 g/mol. The van der Waals surface area contributed by atoms with Crippen LogP contribution in [0.3, 0.4) is 0 Å². The Morgan fingerprint density at radius 1 is 0.460 bits per heavy atom. The van der Waals surface area contributed by atoms with Gasteiger partial charge in [-0.25, -0.2) is 0 Å². The van der Waals surface area contributed by atoms with E-state index in [1.165, 1.54) is 92.7 Å². The Balaban J connectivity index is 1.12. The summed E-state index contributed by atoms with van der Waals surface area (Å²) in [6.45, 7) is 0. The van der Waals surface area contributed by atoms with E-state index < -0.39 is 0 Å². The number of allylic oxidation sites excluding steroid dienone is 2. The number of hydrogen-bond acceptors (Lipinski definition) is 2. The molecule has 2 heteroatoms. The summed E-state index contributed by atoms with van der Waals surface area (Å²) in [5, 5.41) is 3.31. The molecule has 0 N–H and O–H groups in total. The number of fused-ring (bicyclic) bond motifs is 6. The Morgan fingerprint density at radius 2 is 1.02 bits per heavy atom. The van der Waals surface area contributed by atoms with Gasteiger partial charge in [0.05, 0.1) is 0 Å². The van der Waals surface area contributed by atoms with E-state index in [-0.39, 0.29) is 0 Å². The van der Waals surface area contributed by atoms with Crippen LogP contribution < -0.4 is 0 Å². The number of thioether (sulfide) groups is 1. The summed E-state index contributed by atoms with van der Waals surface area (Å²) >= 11 is 4.08. The van der Waals surface area contributed by atoms with Crippen LogP contribution in [0.5, 0.6) is 0 Å². The van der Waals surface area contributed by atoms with Crippen molar-refractivity contribution < 1.29 is 0 Å². The molecule has 50 heavy (non-hydrogen) atoms. The SMILES string of the molecule is C1=C(c2cccc(-c3ccccc3)c2)CCC2Sc3c(cc4c(sc5ccc(-c6cccc(-c7ccccc7)c6)cc54)c3-c3ccccc3)C12. The predicted octanol–water partition coefficient (Wildman–Crippen LogP) is 14.2. The first-order valence-corrected chi connectivity index (χ1v) is 19.2. The first-order valence-electron chi connectivity index (χ1n) is 17.5. The van der Waals surface area contributed by atoms with Crippen LogP contribution in [0.1, 0.15) is 29.9 Å². The second-order valence-electron chi connectivity index (χ2n) is 13.5. The summed E-state index contributed by atoms with van der Waals surface area (Å²) in [6, 6.07) is 60.4. The monoisotopic (exact) mass is 674 g/mol. The molecule has 1 aliphatic carbocycles. The topological polar surface area (TPSA) is 0 Å². The third-order valence-corrected chi connectivity index (χ3v) is 13.3. The van der Waals surface area contributed by atoms with Crippen LogP contribution in [0.15, 0.2) is 175 Å². The zero-order valence-corrected chi connectivity index (χ0v) is 29.2. The molecule has 10 rings (SSSR count). The van der Waals surface area contributed by atoms with Crippen LogP contribution in [0.4, 0.5) is 0 Å². The van der Waals surface area contributed by atoms with Gasteiger partial charge in [-0.15, -0.1) is 23.1 Å². The van der Waals surface area contributed by atoms with Gasteiger partial charge >= 0.3 is 0 Å². The van der Waals surface area contributed by atoms with Gasteiger partial charge in [-0.3, -0.25) is 0 Å². The lowest BCUT2D eigenvalue weighted by atomic mass is 9.81.